The van der Waals surface area contributed by atoms with Gasteiger partial charge >= 0.3 is 63.0 Å². The fraction of sp³-hybridized carbons (Fsp3) is 0.514. The number of esters is 1. The molecule has 3 fully saturated rings. The predicted molar refractivity (Wildman–Crippen MR) is 386 cm³/mol. The monoisotopic (exact) mass is 1690 g/mol. The second-order valence-corrected chi connectivity index (χ2v) is 30.9. The number of ketones is 1. The second-order valence-electron chi connectivity index (χ2n) is 29.8. The fourth-order valence-electron chi connectivity index (χ4n) is 13.7. The van der Waals surface area contributed by atoms with Crippen LogP contribution in [-0.2, 0) is 86.6 Å². The number of phosphoric ester groups is 1. The number of nitrogens with one attached hydrogen (secondary N) is 4. The summed E-state index contributed by atoms with van der Waals surface area (Å²) in [6.45, 7) is 1.08. The van der Waals surface area contributed by atoms with Crippen LogP contribution in [0.15, 0.2) is 73.2 Å². The maximum Gasteiger partial charge on any atom is 0.524 e. The predicted octanol–water partition coefficient (Wildman–Crippen LogP) is 8.89. The quantitative estimate of drug-likeness (QED) is 0.00357. The number of alkyl halides is 8. The van der Waals surface area contributed by atoms with Crippen LogP contribution in [0.25, 0.3) is 11.3 Å². The number of hydrogen-bond acceptors (Lipinski definition) is 23. The summed E-state index contributed by atoms with van der Waals surface area (Å²) in [4.78, 5) is 155. The Kier molecular flexibility index (Phi) is 29.9. The molecule has 3 aliphatic rings. The van der Waals surface area contributed by atoms with Crippen LogP contribution in [0.2, 0.25) is 0 Å². The summed E-state index contributed by atoms with van der Waals surface area (Å²) in [5.74, 6) is -8.19. The third-order valence-electron chi connectivity index (χ3n) is 20.0. The maximum absolute atomic E-state index is 16.8. The van der Waals surface area contributed by atoms with Gasteiger partial charge in [-0.25, -0.2) is 52.2 Å². The summed E-state index contributed by atoms with van der Waals surface area (Å²) in [7, 11) is -4.06. The Morgan fingerprint density at radius 3 is 1.87 bits per heavy atom. The molecule has 2 aromatic heterocycles. The minimum Gasteiger partial charge on any atom is -0.481 e. The molecule has 3 aliphatic heterocycles. The van der Waals surface area contributed by atoms with Crippen LogP contribution < -0.4 is 30.8 Å². The Hall–Kier alpha value is -10.7. The molecule has 638 valence electrons. The Morgan fingerprint density at radius 2 is 1.34 bits per heavy atom. The first-order valence-corrected chi connectivity index (χ1v) is 37.5. The lowest BCUT2D eigenvalue weighted by Gasteiger charge is -2.47. The van der Waals surface area contributed by atoms with Gasteiger partial charge in [-0.2, -0.15) is 40.2 Å². The largest absolute Gasteiger partial charge is 0.524 e. The Balaban J connectivity index is 1.19. The summed E-state index contributed by atoms with van der Waals surface area (Å²) >= 11 is 0. The summed E-state index contributed by atoms with van der Waals surface area (Å²) in [5.41, 5.74) is -7.85. The number of carbonyl (C=O) groups excluding carboxylic acids is 7. The SMILES string of the molecule is COC(=O)N[C@H](C(=O)C[C@@H](Cc1ccc(C#Cc2cnc(N3CC4CCC(C3)N4C3COC3)nc2)cc1)[C@H](CN(Cc1c(F)cc(-c2ccn(C(F)F)n2)cc1F)NC(=O)[C@@H](NC(=O)OC)C(C)(C)C(F)(F)F)OC(=O)OCOC(=O)CC(C)(C)c1c(CC(=O)N[C@@H](CCC(=O)O)C(=O)O)cc(C)cc1OP(=O)(O)O)C(C)(C)C(F)(F)F. The number of methoxy groups -OCH3 is 2. The second kappa shape index (κ2) is 38.1. The van der Waals surface area contributed by atoms with Crippen molar-refractivity contribution >= 4 is 67.6 Å². The first kappa shape index (κ1) is 91.8. The van der Waals surface area contributed by atoms with Gasteiger partial charge in [0.25, 0.3) is 5.91 Å². The van der Waals surface area contributed by atoms with Crippen LogP contribution in [-0.4, -0.2) is 212 Å². The molecule has 4 amide bonds. The topological polar surface area (TPSA) is 418 Å². The van der Waals surface area contributed by atoms with Gasteiger partial charge in [0, 0.05) is 96.7 Å². The van der Waals surface area contributed by atoms with Gasteiger partial charge in [0.05, 0.1) is 74.9 Å². The van der Waals surface area contributed by atoms with Crippen LogP contribution in [0.5, 0.6) is 5.75 Å². The molecular weight excluding hydrogens is 1600 g/mol. The number of anilines is 1. The molecule has 3 aromatic carbocycles. The van der Waals surface area contributed by atoms with E-state index < -0.39 is 220 Å². The molecule has 0 spiro atoms. The lowest BCUT2D eigenvalue weighted by molar-refractivity contribution is -0.221. The molecule has 8 rings (SSSR count). The average molecular weight is 1690 g/mol. The average Bonchev–Trinajstić information content (AvgIpc) is 1.64. The summed E-state index contributed by atoms with van der Waals surface area (Å²) in [6.07, 6.45) is -17.5. The van der Waals surface area contributed by atoms with E-state index in [1.54, 1.807) is 5.32 Å². The van der Waals surface area contributed by atoms with Gasteiger partial charge in [0.1, 0.15) is 41.6 Å². The molecule has 0 saturated carbocycles. The molecule has 8 N–H and O–H groups in total. The molecule has 2 unspecified atom stereocenters. The van der Waals surface area contributed by atoms with E-state index in [-0.39, 0.29) is 32.5 Å². The zero-order chi connectivity index (χ0) is 86.6. The summed E-state index contributed by atoms with van der Waals surface area (Å²) in [5, 5.41) is 28.7. The summed E-state index contributed by atoms with van der Waals surface area (Å²) in [6, 6.07) is 3.85. The van der Waals surface area contributed by atoms with E-state index >= 15 is 39.9 Å². The number of halogens is 10. The number of aromatic nitrogens is 4. The Labute approximate surface area is 662 Å². The molecule has 2 bridgehead atoms. The highest BCUT2D eigenvalue weighted by atomic mass is 31.2. The van der Waals surface area contributed by atoms with Crippen molar-refractivity contribution in [2.45, 2.75) is 173 Å². The lowest BCUT2D eigenvalue weighted by atomic mass is 9.77. The van der Waals surface area contributed by atoms with Crippen molar-refractivity contribution in [3.8, 4) is 28.8 Å². The van der Waals surface area contributed by atoms with Crippen molar-refractivity contribution < 1.29 is 145 Å². The number of ether oxygens (including phenoxy) is 6. The van der Waals surface area contributed by atoms with Crippen molar-refractivity contribution in [2.24, 2.45) is 16.7 Å². The number of hydrogen-bond donors (Lipinski definition) is 8. The number of aryl methyl sites for hydroxylation is 1. The standard InChI is InChI=1S/C74H86F10N11O21P/c1-39-22-45(28-57(97)87-53(64(102)103)18-19-58(98)99)60(55(23-39)116-117(107,108)109)70(2,3)29-59(100)113-38-114-69(106)115-56(35-93(91-63(101)62(89-68(105)111-9)72(6,7)74(82,83)84)34-49-50(75)25-43(26-51(49)76)52-20-21-94(90-52)65(77)78)44(27-54(96)61(88-67(104)110-8)71(4,5)73(79,80)81)24-41-13-10-40(11-14-41)12-15-42-30-85-66(86-31-42)92-32-46-16-17-47(33-92)95(46)48-36-112-37-48/h10-11,13-14,20-23,25-26,30-31,44,46-48,53,56,61-62,65H,16-19,24,27-29,32-38H2,1-9H3,(H,87,97)(H,88,104)(H,89,105)(H,91,101)(H,98,99)(H,102,103)(H2,107,108,109)/t44-,46?,47?,53+,56+,61-,62-/m1/s1. The molecule has 117 heavy (non-hydrogen) atoms. The smallest absolute Gasteiger partial charge is 0.481 e. The van der Waals surface area contributed by atoms with Crippen molar-refractivity contribution in [3.05, 3.63) is 124 Å². The Bertz CT molecular complexity index is 4540. The van der Waals surface area contributed by atoms with Crippen LogP contribution >= 0.6 is 7.82 Å². The molecule has 0 aliphatic carbocycles. The zero-order valence-electron chi connectivity index (χ0n) is 64.3. The van der Waals surface area contributed by atoms with Gasteiger partial charge in [0.15, 0.2) is 5.78 Å². The maximum atomic E-state index is 16.8. The number of benzene rings is 3. The van der Waals surface area contributed by atoms with E-state index in [0.29, 0.717) is 108 Å². The normalized spacial score (nSPS) is 16.7. The summed E-state index contributed by atoms with van der Waals surface area (Å²) < 4.78 is 200. The van der Waals surface area contributed by atoms with E-state index in [1.807, 2.05) is 10.7 Å². The van der Waals surface area contributed by atoms with E-state index in [4.69, 9.17) is 23.5 Å². The molecule has 3 saturated heterocycles. The number of aliphatic carboxylic acids is 2. The first-order valence-electron chi connectivity index (χ1n) is 36.0. The Morgan fingerprint density at radius 1 is 0.761 bits per heavy atom. The molecule has 43 heteroatoms. The van der Waals surface area contributed by atoms with Crippen LogP contribution in [0.3, 0.4) is 0 Å². The lowest BCUT2D eigenvalue weighted by Crippen LogP contribution is -2.62. The number of hydrazine groups is 1. The van der Waals surface area contributed by atoms with Crippen LogP contribution in [0, 0.1) is 47.1 Å². The number of alkyl carbamates (subject to hydrolysis) is 2. The molecule has 32 nitrogen and oxygen atoms in total. The minimum absolute atomic E-state index is 0.0923. The van der Waals surface area contributed by atoms with E-state index in [2.05, 4.69) is 51.5 Å². The third-order valence-corrected chi connectivity index (χ3v) is 20.5. The minimum atomic E-state index is -5.51. The number of amides is 4. The zero-order valence-corrected chi connectivity index (χ0v) is 65.2. The number of rotatable bonds is 35. The van der Waals surface area contributed by atoms with Gasteiger partial charge in [-0.15, -0.1) is 0 Å². The molecular formula is C74H86F10N11O21P. The number of phosphoric acid groups is 1. The highest BCUT2D eigenvalue weighted by molar-refractivity contribution is 7.46. The molecule has 5 heterocycles. The number of carboxylic acid groups (broad SMARTS) is 2. The van der Waals surface area contributed by atoms with Crippen LogP contribution in [0.1, 0.15) is 126 Å². The molecule has 0 radical (unpaired) electrons. The number of Topliss-reactive ketones (excluding diaryl/α,β-unsaturated/α-hetero) is 1. The molecule has 7 atom stereocenters. The van der Waals surface area contributed by atoms with Crippen molar-refractivity contribution in [1.29, 1.82) is 0 Å². The van der Waals surface area contributed by atoms with E-state index in [9.17, 15) is 71.7 Å². The number of carbonyl (C=O) groups is 9. The third kappa shape index (κ3) is 24.2. The highest BCUT2D eigenvalue weighted by Crippen LogP contribution is 2.47. The van der Waals surface area contributed by atoms with Gasteiger partial charge in [-0.1, -0.05) is 43.9 Å². The van der Waals surface area contributed by atoms with Gasteiger partial charge < -0.3 is 64.0 Å². The van der Waals surface area contributed by atoms with Gasteiger partial charge in [-0.05, 0) is 113 Å². The van der Waals surface area contributed by atoms with Crippen LogP contribution in [0.4, 0.5) is 64.2 Å². The highest BCUT2D eigenvalue weighted by Gasteiger charge is 2.58. The van der Waals surface area contributed by atoms with E-state index in [1.165, 1.54) is 63.5 Å². The first-order chi connectivity index (χ1) is 54.6. The van der Waals surface area contributed by atoms with Gasteiger partial charge in [0.2, 0.25) is 18.6 Å². The van der Waals surface area contributed by atoms with Crippen molar-refractivity contribution in [2.75, 3.05) is 58.8 Å². The number of carboxylic acids is 2. The van der Waals surface area contributed by atoms with E-state index in [0.717, 1.165) is 38.3 Å². The number of piperazine rings is 1. The van der Waals surface area contributed by atoms with Crippen molar-refractivity contribution in [3.63, 3.8) is 0 Å². The van der Waals surface area contributed by atoms with Gasteiger partial charge in [-0.3, -0.25) is 44.1 Å². The molecule has 5 aromatic rings. The van der Waals surface area contributed by atoms with Crippen molar-refractivity contribution in [1.82, 2.24) is 51.0 Å². The number of fused-ring (bicyclic) bond motifs is 2. The fourth-order valence-corrected chi connectivity index (χ4v) is 14.1. The number of nitrogens with zero attached hydrogens (tertiary/aromatic N) is 7.